The Hall–Kier alpha value is -1.66. The second-order valence-electron chi connectivity index (χ2n) is 6.73. The largest absolute Gasteiger partial charge is 0.385 e. The second kappa shape index (κ2) is 7.49. The van der Waals surface area contributed by atoms with Gasteiger partial charge in [0.15, 0.2) is 5.65 Å². The number of fused-ring (bicyclic) bond motifs is 1. The van der Waals surface area contributed by atoms with E-state index in [2.05, 4.69) is 41.6 Å². The van der Waals surface area contributed by atoms with Crippen LogP contribution in [0, 0.1) is 20.8 Å². The minimum Gasteiger partial charge on any atom is -0.385 e. The number of anilines is 1. The van der Waals surface area contributed by atoms with Crippen LogP contribution in [0.25, 0.3) is 5.65 Å². The Bertz CT molecular complexity index is 688. The SMILES string of the molecule is COCCCCN1CCN(c2cc(C)nc3c(C)c(C)nn23)CC1. The average Bonchev–Trinajstić information content (AvgIpc) is 2.87. The van der Waals surface area contributed by atoms with Gasteiger partial charge in [0, 0.05) is 57.2 Å². The van der Waals surface area contributed by atoms with Crippen LogP contribution in [0.5, 0.6) is 0 Å². The molecule has 1 saturated heterocycles. The molecule has 1 fully saturated rings. The second-order valence-corrected chi connectivity index (χ2v) is 6.73. The highest BCUT2D eigenvalue weighted by Crippen LogP contribution is 2.22. The van der Waals surface area contributed by atoms with Gasteiger partial charge < -0.3 is 9.64 Å². The molecule has 0 unspecified atom stereocenters. The number of methoxy groups -OCH3 is 1. The van der Waals surface area contributed by atoms with E-state index in [1.54, 1.807) is 7.11 Å². The van der Waals surface area contributed by atoms with Gasteiger partial charge in [-0.1, -0.05) is 0 Å². The molecule has 6 nitrogen and oxygen atoms in total. The van der Waals surface area contributed by atoms with Crippen LogP contribution in [-0.2, 0) is 4.74 Å². The molecule has 2 aromatic rings. The van der Waals surface area contributed by atoms with Crippen molar-refractivity contribution in [2.45, 2.75) is 33.6 Å². The Morgan fingerprint density at radius 2 is 1.83 bits per heavy atom. The van der Waals surface area contributed by atoms with Crippen molar-refractivity contribution < 1.29 is 4.74 Å². The third-order valence-electron chi connectivity index (χ3n) is 4.94. The van der Waals surface area contributed by atoms with Gasteiger partial charge in [-0.3, -0.25) is 4.90 Å². The first kappa shape index (κ1) is 17.2. The first-order chi connectivity index (χ1) is 11.6. The van der Waals surface area contributed by atoms with Gasteiger partial charge in [0.2, 0.25) is 0 Å². The zero-order valence-electron chi connectivity index (χ0n) is 15.4. The van der Waals surface area contributed by atoms with Gasteiger partial charge in [0.1, 0.15) is 5.82 Å². The summed E-state index contributed by atoms with van der Waals surface area (Å²) in [5.74, 6) is 1.17. The molecule has 2 aromatic heterocycles. The van der Waals surface area contributed by atoms with E-state index in [1.807, 2.05) is 4.52 Å². The van der Waals surface area contributed by atoms with Crippen molar-refractivity contribution in [2.24, 2.45) is 0 Å². The van der Waals surface area contributed by atoms with Crippen molar-refractivity contribution in [3.05, 3.63) is 23.0 Å². The molecule has 0 radical (unpaired) electrons. The maximum absolute atomic E-state index is 5.13. The predicted octanol–water partition coefficient (Wildman–Crippen LogP) is 2.20. The average molecular weight is 331 g/mol. The molecule has 6 heteroatoms. The maximum atomic E-state index is 5.13. The maximum Gasteiger partial charge on any atom is 0.160 e. The highest BCUT2D eigenvalue weighted by atomic mass is 16.5. The lowest BCUT2D eigenvalue weighted by Gasteiger charge is -2.36. The van der Waals surface area contributed by atoms with E-state index in [-0.39, 0.29) is 0 Å². The number of aromatic nitrogens is 3. The number of unbranched alkanes of at least 4 members (excludes halogenated alkanes) is 1. The summed E-state index contributed by atoms with van der Waals surface area (Å²) < 4.78 is 7.15. The van der Waals surface area contributed by atoms with Crippen molar-refractivity contribution in [3.8, 4) is 0 Å². The number of nitrogens with zero attached hydrogens (tertiary/aromatic N) is 5. The van der Waals surface area contributed by atoms with Crippen LogP contribution in [0.2, 0.25) is 0 Å². The Kier molecular flexibility index (Phi) is 5.36. The van der Waals surface area contributed by atoms with Gasteiger partial charge in [0.25, 0.3) is 0 Å². The van der Waals surface area contributed by atoms with Crippen LogP contribution in [0.1, 0.15) is 29.8 Å². The van der Waals surface area contributed by atoms with Crippen molar-refractivity contribution in [3.63, 3.8) is 0 Å². The number of aryl methyl sites for hydroxylation is 3. The molecular formula is C18H29N5O. The Balaban J connectivity index is 1.68. The lowest BCUT2D eigenvalue weighted by molar-refractivity contribution is 0.182. The van der Waals surface area contributed by atoms with E-state index in [4.69, 9.17) is 9.84 Å². The molecule has 0 aromatic carbocycles. The molecule has 1 aliphatic heterocycles. The topological polar surface area (TPSA) is 45.9 Å². The summed E-state index contributed by atoms with van der Waals surface area (Å²) in [4.78, 5) is 9.67. The molecular weight excluding hydrogens is 302 g/mol. The van der Waals surface area contributed by atoms with Gasteiger partial charge >= 0.3 is 0 Å². The summed E-state index contributed by atoms with van der Waals surface area (Å²) >= 11 is 0. The molecule has 0 N–H and O–H groups in total. The summed E-state index contributed by atoms with van der Waals surface area (Å²) in [6.45, 7) is 12.6. The van der Waals surface area contributed by atoms with E-state index < -0.39 is 0 Å². The first-order valence-corrected chi connectivity index (χ1v) is 8.90. The molecule has 3 rings (SSSR count). The molecule has 24 heavy (non-hydrogen) atoms. The number of ether oxygens (including phenoxy) is 1. The molecule has 0 saturated carbocycles. The minimum atomic E-state index is 0.867. The minimum absolute atomic E-state index is 0.867. The van der Waals surface area contributed by atoms with Crippen LogP contribution >= 0.6 is 0 Å². The quantitative estimate of drug-likeness (QED) is 0.760. The van der Waals surface area contributed by atoms with Crippen LogP contribution in [0.4, 0.5) is 5.82 Å². The highest BCUT2D eigenvalue weighted by molar-refractivity contribution is 5.57. The van der Waals surface area contributed by atoms with Crippen molar-refractivity contribution in [1.29, 1.82) is 0 Å². The van der Waals surface area contributed by atoms with Gasteiger partial charge in [-0.2, -0.15) is 9.61 Å². The molecule has 0 amide bonds. The first-order valence-electron chi connectivity index (χ1n) is 8.90. The predicted molar refractivity (Wildman–Crippen MR) is 97.0 cm³/mol. The van der Waals surface area contributed by atoms with Crippen LogP contribution < -0.4 is 4.90 Å². The zero-order chi connectivity index (χ0) is 17.1. The lowest BCUT2D eigenvalue weighted by Crippen LogP contribution is -2.47. The zero-order valence-corrected chi connectivity index (χ0v) is 15.4. The summed E-state index contributed by atoms with van der Waals surface area (Å²) in [6.07, 6.45) is 2.36. The Labute approximate surface area is 144 Å². The van der Waals surface area contributed by atoms with E-state index >= 15 is 0 Å². The molecule has 1 aliphatic rings. The molecule has 0 spiro atoms. The van der Waals surface area contributed by atoms with Crippen molar-refractivity contribution in [1.82, 2.24) is 19.5 Å². The van der Waals surface area contributed by atoms with Crippen molar-refractivity contribution in [2.75, 3.05) is 51.3 Å². The standard InChI is InChI=1S/C18H29N5O/c1-14-13-17(23-18(19-14)15(2)16(3)20-23)22-10-8-21(9-11-22)7-5-6-12-24-4/h13H,5-12H2,1-4H3. The van der Waals surface area contributed by atoms with E-state index in [0.29, 0.717) is 0 Å². The molecule has 0 bridgehead atoms. The fraction of sp³-hybridized carbons (Fsp3) is 0.667. The fourth-order valence-corrected chi connectivity index (χ4v) is 3.34. The fourth-order valence-electron chi connectivity index (χ4n) is 3.34. The van der Waals surface area contributed by atoms with E-state index in [1.165, 1.54) is 24.3 Å². The Morgan fingerprint density at radius 1 is 1.08 bits per heavy atom. The molecule has 3 heterocycles. The molecule has 132 valence electrons. The lowest BCUT2D eigenvalue weighted by atomic mass is 10.2. The van der Waals surface area contributed by atoms with Crippen LogP contribution in [0.15, 0.2) is 6.07 Å². The summed E-state index contributed by atoms with van der Waals surface area (Å²) in [6, 6.07) is 2.16. The third-order valence-corrected chi connectivity index (χ3v) is 4.94. The van der Waals surface area contributed by atoms with Gasteiger partial charge in [0.05, 0.1) is 5.69 Å². The highest BCUT2D eigenvalue weighted by Gasteiger charge is 2.20. The van der Waals surface area contributed by atoms with Gasteiger partial charge in [-0.15, -0.1) is 0 Å². The molecule has 0 aliphatic carbocycles. The third kappa shape index (κ3) is 3.54. The number of rotatable bonds is 6. The van der Waals surface area contributed by atoms with Crippen LogP contribution in [-0.4, -0.2) is 65.9 Å². The monoisotopic (exact) mass is 331 g/mol. The smallest absolute Gasteiger partial charge is 0.160 e. The number of hydrogen-bond acceptors (Lipinski definition) is 5. The van der Waals surface area contributed by atoms with Gasteiger partial charge in [-0.25, -0.2) is 4.98 Å². The van der Waals surface area contributed by atoms with E-state index in [0.717, 1.165) is 56.2 Å². The van der Waals surface area contributed by atoms with E-state index in [9.17, 15) is 0 Å². The van der Waals surface area contributed by atoms with Crippen LogP contribution in [0.3, 0.4) is 0 Å². The number of piperazine rings is 1. The Morgan fingerprint density at radius 3 is 2.54 bits per heavy atom. The van der Waals surface area contributed by atoms with Crippen molar-refractivity contribution >= 4 is 11.5 Å². The summed E-state index contributed by atoms with van der Waals surface area (Å²) in [5.41, 5.74) is 4.29. The summed E-state index contributed by atoms with van der Waals surface area (Å²) in [5, 5.41) is 4.70. The summed E-state index contributed by atoms with van der Waals surface area (Å²) in [7, 11) is 1.77. The number of hydrogen-bond donors (Lipinski definition) is 0. The van der Waals surface area contributed by atoms with Gasteiger partial charge in [-0.05, 0) is 40.2 Å². The molecule has 0 atom stereocenters. The normalized spacial score (nSPS) is 16.2.